The number of allylic oxidation sites excluding steroid dienone is 1. The molecule has 0 heterocycles. The molecule has 1 rings (SSSR count). The number of aliphatic carboxylic acids is 2. The number of rotatable bonds is 7. The average Bonchev–Trinajstić information content (AvgIpc) is 2.38. The molecule has 1 aromatic rings. The molecule has 0 radical (unpaired) electrons. The predicted molar refractivity (Wildman–Crippen MR) is 68.7 cm³/mol. The highest BCUT2D eigenvalue weighted by Crippen LogP contribution is 2.09. The zero-order valence-corrected chi connectivity index (χ0v) is 10.3. The van der Waals surface area contributed by atoms with Gasteiger partial charge in [-0.05, 0) is 24.8 Å². The Balaban J connectivity index is 2.53. The number of carboxylic acid groups (broad SMARTS) is 2. The molecule has 0 aliphatic carbocycles. The molecule has 0 fully saturated rings. The van der Waals surface area contributed by atoms with Crippen molar-refractivity contribution >= 4 is 11.9 Å². The summed E-state index contributed by atoms with van der Waals surface area (Å²) in [7, 11) is 0. The van der Waals surface area contributed by atoms with Crippen molar-refractivity contribution in [3.8, 4) is 0 Å². The van der Waals surface area contributed by atoms with E-state index in [4.69, 9.17) is 10.2 Å². The number of benzene rings is 1. The highest BCUT2D eigenvalue weighted by molar-refractivity contribution is 5.95. The van der Waals surface area contributed by atoms with Crippen LogP contribution in [0.3, 0.4) is 0 Å². The second kappa shape index (κ2) is 7.33. The van der Waals surface area contributed by atoms with Crippen LogP contribution in [-0.2, 0) is 16.0 Å². The highest BCUT2D eigenvalue weighted by Gasteiger charge is 2.23. The Morgan fingerprint density at radius 1 is 1.16 bits per heavy atom. The van der Waals surface area contributed by atoms with Crippen LogP contribution in [0.15, 0.2) is 42.0 Å². The minimum atomic E-state index is -1.98. The van der Waals surface area contributed by atoms with Gasteiger partial charge in [-0.15, -0.1) is 0 Å². The predicted octanol–water partition coefficient (Wildman–Crippen LogP) is 1.47. The van der Waals surface area contributed by atoms with Crippen LogP contribution in [0.1, 0.15) is 18.4 Å². The molecule has 102 valence electrons. The van der Waals surface area contributed by atoms with Gasteiger partial charge >= 0.3 is 11.9 Å². The number of carbonyl (C=O) groups is 2. The van der Waals surface area contributed by atoms with Gasteiger partial charge in [0, 0.05) is 0 Å². The van der Waals surface area contributed by atoms with E-state index in [1.54, 1.807) is 0 Å². The Morgan fingerprint density at radius 2 is 1.79 bits per heavy atom. The van der Waals surface area contributed by atoms with E-state index in [2.05, 4.69) is 0 Å². The van der Waals surface area contributed by atoms with Gasteiger partial charge in [0.05, 0.1) is 5.57 Å². The molecule has 1 unspecified atom stereocenters. The SMILES string of the molecule is O=C(O)C(=CCCCc1ccccc1)C(O)C(=O)O. The summed E-state index contributed by atoms with van der Waals surface area (Å²) in [6.45, 7) is 0. The molecule has 19 heavy (non-hydrogen) atoms. The number of aliphatic hydroxyl groups excluding tert-OH is 1. The molecular formula is C14H16O5. The van der Waals surface area contributed by atoms with E-state index >= 15 is 0 Å². The zero-order valence-electron chi connectivity index (χ0n) is 10.3. The first-order chi connectivity index (χ1) is 9.02. The van der Waals surface area contributed by atoms with Crippen molar-refractivity contribution in [1.82, 2.24) is 0 Å². The third-order valence-electron chi connectivity index (χ3n) is 2.65. The summed E-state index contributed by atoms with van der Waals surface area (Å²) in [5.41, 5.74) is 0.645. The highest BCUT2D eigenvalue weighted by atomic mass is 16.4. The van der Waals surface area contributed by atoms with Crippen LogP contribution >= 0.6 is 0 Å². The van der Waals surface area contributed by atoms with Gasteiger partial charge in [-0.1, -0.05) is 36.4 Å². The lowest BCUT2D eigenvalue weighted by Gasteiger charge is -2.06. The standard InChI is InChI=1S/C14H16O5/c15-12(14(18)19)11(13(16)17)9-5-4-8-10-6-2-1-3-7-10/h1-3,6-7,9,12,15H,4-5,8H2,(H,16,17)(H,18,19). The lowest BCUT2D eigenvalue weighted by atomic mass is 10.0. The van der Waals surface area contributed by atoms with E-state index < -0.39 is 23.6 Å². The van der Waals surface area contributed by atoms with Gasteiger partial charge < -0.3 is 15.3 Å². The van der Waals surface area contributed by atoms with E-state index in [-0.39, 0.29) is 0 Å². The van der Waals surface area contributed by atoms with Gasteiger partial charge in [0.1, 0.15) is 0 Å². The van der Waals surface area contributed by atoms with Gasteiger partial charge in [-0.25, -0.2) is 9.59 Å². The molecular weight excluding hydrogens is 248 g/mol. The van der Waals surface area contributed by atoms with Gasteiger partial charge in [0.15, 0.2) is 6.10 Å². The van der Waals surface area contributed by atoms with E-state index in [0.29, 0.717) is 12.8 Å². The first-order valence-corrected chi connectivity index (χ1v) is 5.90. The molecule has 0 saturated heterocycles. The smallest absolute Gasteiger partial charge is 0.337 e. The third-order valence-corrected chi connectivity index (χ3v) is 2.65. The van der Waals surface area contributed by atoms with Crippen LogP contribution in [0.4, 0.5) is 0 Å². The quantitative estimate of drug-likeness (QED) is 0.512. The Hall–Kier alpha value is -2.14. The number of hydrogen-bond donors (Lipinski definition) is 3. The monoisotopic (exact) mass is 264 g/mol. The summed E-state index contributed by atoms with van der Waals surface area (Å²) in [5, 5.41) is 26.6. The molecule has 0 spiro atoms. The Morgan fingerprint density at radius 3 is 2.32 bits per heavy atom. The molecule has 5 nitrogen and oxygen atoms in total. The number of aliphatic hydroxyl groups is 1. The summed E-state index contributed by atoms with van der Waals surface area (Å²) in [5.74, 6) is -2.97. The number of aryl methyl sites for hydroxylation is 1. The molecule has 5 heteroatoms. The van der Waals surface area contributed by atoms with Crippen LogP contribution < -0.4 is 0 Å². The van der Waals surface area contributed by atoms with Crippen LogP contribution in [-0.4, -0.2) is 33.4 Å². The minimum absolute atomic E-state index is 0.404. The molecule has 0 aromatic heterocycles. The Kier molecular flexibility index (Phi) is 5.75. The summed E-state index contributed by atoms with van der Waals surface area (Å²) < 4.78 is 0. The lowest BCUT2D eigenvalue weighted by molar-refractivity contribution is -0.147. The Labute approximate surface area is 110 Å². The third kappa shape index (κ3) is 4.93. The summed E-state index contributed by atoms with van der Waals surface area (Å²) in [6, 6.07) is 9.68. The van der Waals surface area contributed by atoms with Crippen molar-refractivity contribution < 1.29 is 24.9 Å². The maximum absolute atomic E-state index is 10.8. The fourth-order valence-corrected chi connectivity index (χ4v) is 1.66. The molecule has 0 aliphatic heterocycles. The van der Waals surface area contributed by atoms with Crippen molar-refractivity contribution in [2.45, 2.75) is 25.4 Å². The fourth-order valence-electron chi connectivity index (χ4n) is 1.66. The number of unbranched alkanes of at least 4 members (excludes halogenated alkanes) is 1. The summed E-state index contributed by atoms with van der Waals surface area (Å²) >= 11 is 0. The molecule has 0 bridgehead atoms. The largest absolute Gasteiger partial charge is 0.479 e. The van der Waals surface area contributed by atoms with Gasteiger partial charge in [-0.3, -0.25) is 0 Å². The van der Waals surface area contributed by atoms with Crippen LogP contribution in [0.5, 0.6) is 0 Å². The van der Waals surface area contributed by atoms with E-state index in [1.165, 1.54) is 6.08 Å². The fraction of sp³-hybridized carbons (Fsp3) is 0.286. The van der Waals surface area contributed by atoms with Crippen LogP contribution in [0.2, 0.25) is 0 Å². The van der Waals surface area contributed by atoms with E-state index in [1.807, 2.05) is 30.3 Å². The lowest BCUT2D eigenvalue weighted by Crippen LogP contribution is -2.26. The molecule has 3 N–H and O–H groups in total. The summed E-state index contributed by atoms with van der Waals surface area (Å²) in [6.07, 6.45) is 1.15. The first kappa shape index (κ1) is 14.9. The first-order valence-electron chi connectivity index (χ1n) is 5.90. The topological polar surface area (TPSA) is 94.8 Å². The van der Waals surface area contributed by atoms with Crippen molar-refractivity contribution in [2.24, 2.45) is 0 Å². The van der Waals surface area contributed by atoms with E-state index in [0.717, 1.165) is 12.0 Å². The van der Waals surface area contributed by atoms with Crippen molar-refractivity contribution in [1.29, 1.82) is 0 Å². The maximum Gasteiger partial charge on any atom is 0.337 e. The van der Waals surface area contributed by atoms with Gasteiger partial charge in [-0.2, -0.15) is 0 Å². The maximum atomic E-state index is 10.8. The zero-order chi connectivity index (χ0) is 14.3. The van der Waals surface area contributed by atoms with Gasteiger partial charge in [0.25, 0.3) is 0 Å². The summed E-state index contributed by atoms with van der Waals surface area (Å²) in [4.78, 5) is 21.4. The van der Waals surface area contributed by atoms with Crippen LogP contribution in [0.25, 0.3) is 0 Å². The molecule has 1 atom stereocenters. The second-order valence-corrected chi connectivity index (χ2v) is 4.08. The average molecular weight is 264 g/mol. The molecule has 1 aromatic carbocycles. The number of carboxylic acids is 2. The minimum Gasteiger partial charge on any atom is -0.479 e. The second-order valence-electron chi connectivity index (χ2n) is 4.08. The van der Waals surface area contributed by atoms with Crippen LogP contribution in [0, 0.1) is 0 Å². The van der Waals surface area contributed by atoms with Gasteiger partial charge in [0.2, 0.25) is 0 Å². The van der Waals surface area contributed by atoms with Crippen molar-refractivity contribution in [3.05, 3.63) is 47.5 Å². The molecule has 0 saturated carbocycles. The van der Waals surface area contributed by atoms with Crippen molar-refractivity contribution in [2.75, 3.05) is 0 Å². The van der Waals surface area contributed by atoms with E-state index in [9.17, 15) is 14.7 Å². The number of hydrogen-bond acceptors (Lipinski definition) is 3. The van der Waals surface area contributed by atoms with Crippen molar-refractivity contribution in [3.63, 3.8) is 0 Å². The normalized spacial score (nSPS) is 13.0. The Bertz CT molecular complexity index is 464. The molecule has 0 amide bonds. The molecule has 0 aliphatic rings.